The van der Waals surface area contributed by atoms with Crippen LogP contribution in [0, 0.1) is 0 Å². The van der Waals surface area contributed by atoms with E-state index in [1.54, 1.807) is 0 Å². The first-order valence-electron chi connectivity index (χ1n) is 22.5. The molecule has 1 aliphatic rings. The summed E-state index contributed by atoms with van der Waals surface area (Å²) in [6, 6.07) is 89.3. The summed E-state index contributed by atoms with van der Waals surface area (Å²) in [6.07, 6.45) is 0.844. The second kappa shape index (κ2) is 15.1. The minimum atomic E-state index is 0.844. The van der Waals surface area contributed by atoms with Crippen LogP contribution < -0.4 is 4.90 Å². The summed E-state index contributed by atoms with van der Waals surface area (Å²) in [6.45, 7) is 0. The number of nitrogens with zero attached hydrogens (tertiary/aromatic N) is 2. The van der Waals surface area contributed by atoms with E-state index < -0.39 is 0 Å². The number of fused-ring (bicyclic) bond motifs is 7. The lowest BCUT2D eigenvalue weighted by molar-refractivity contribution is 1.09. The van der Waals surface area contributed by atoms with Crippen molar-refractivity contribution in [1.29, 1.82) is 0 Å². The Morgan fingerprint density at radius 3 is 1.45 bits per heavy atom. The van der Waals surface area contributed by atoms with E-state index in [0.717, 1.165) is 12.1 Å². The summed E-state index contributed by atoms with van der Waals surface area (Å²) < 4.78 is 2.43. The number of rotatable bonds is 6. The predicted molar refractivity (Wildman–Crippen MR) is 275 cm³/mol. The van der Waals surface area contributed by atoms with Gasteiger partial charge in [0, 0.05) is 39.9 Å². The first-order chi connectivity index (χ1) is 32.2. The standard InChI is InChI=1S/C63H42N2/c1-3-12-42(13-4-1)49-26-34-62-58(40-49)59-41-50(43-14-5-2-6-15-43)27-35-63(59)64(62)54-29-22-45(23-30-54)48-25-32-60-52(36-48)38-53-37-51(57-21-11-19-46-17-9-10-20-56(46)57)28-33-61(53)65(60)55-31-24-44-16-7-8-18-47(44)39-55/h1-37,39-41H,38H2. The molecule has 0 bridgehead atoms. The van der Waals surface area contributed by atoms with Crippen molar-refractivity contribution in [2.75, 3.05) is 4.90 Å². The smallest absolute Gasteiger partial charge is 0.0541 e. The van der Waals surface area contributed by atoms with Crippen LogP contribution in [-0.2, 0) is 6.42 Å². The molecule has 12 aromatic rings. The van der Waals surface area contributed by atoms with Gasteiger partial charge in [0.15, 0.2) is 0 Å². The molecule has 65 heavy (non-hydrogen) atoms. The first kappa shape index (κ1) is 37.1. The molecule has 1 aliphatic heterocycles. The minimum Gasteiger partial charge on any atom is -0.310 e. The normalized spacial score (nSPS) is 12.2. The Morgan fingerprint density at radius 2 is 0.769 bits per heavy atom. The molecule has 0 saturated heterocycles. The molecule has 1 aromatic heterocycles. The van der Waals surface area contributed by atoms with Crippen LogP contribution in [0.3, 0.4) is 0 Å². The van der Waals surface area contributed by atoms with Crippen LogP contribution in [0.2, 0.25) is 0 Å². The van der Waals surface area contributed by atoms with Crippen LogP contribution >= 0.6 is 0 Å². The molecule has 11 aromatic carbocycles. The Labute approximate surface area is 378 Å². The van der Waals surface area contributed by atoms with E-state index in [1.807, 2.05) is 0 Å². The van der Waals surface area contributed by atoms with Gasteiger partial charge in [0.2, 0.25) is 0 Å². The summed E-state index contributed by atoms with van der Waals surface area (Å²) in [5.41, 5.74) is 19.6. The van der Waals surface area contributed by atoms with Gasteiger partial charge < -0.3 is 9.47 Å². The van der Waals surface area contributed by atoms with E-state index in [2.05, 4.69) is 252 Å². The highest BCUT2D eigenvalue weighted by Crippen LogP contribution is 2.47. The molecule has 2 heteroatoms. The average molecular weight is 827 g/mol. The quantitative estimate of drug-likeness (QED) is 0.162. The maximum Gasteiger partial charge on any atom is 0.0541 e. The van der Waals surface area contributed by atoms with Crippen LogP contribution in [0.25, 0.3) is 93.5 Å². The molecule has 0 saturated carbocycles. The van der Waals surface area contributed by atoms with Crippen molar-refractivity contribution >= 4 is 60.4 Å². The lowest BCUT2D eigenvalue weighted by Gasteiger charge is -2.34. The van der Waals surface area contributed by atoms with Gasteiger partial charge >= 0.3 is 0 Å². The van der Waals surface area contributed by atoms with Crippen molar-refractivity contribution in [2.24, 2.45) is 0 Å². The van der Waals surface area contributed by atoms with Gasteiger partial charge in [-0.25, -0.2) is 0 Å². The highest BCUT2D eigenvalue weighted by molar-refractivity contribution is 6.12. The Balaban J connectivity index is 0.911. The second-order valence-electron chi connectivity index (χ2n) is 17.3. The van der Waals surface area contributed by atoms with Gasteiger partial charge in [-0.05, 0) is 150 Å². The van der Waals surface area contributed by atoms with Crippen molar-refractivity contribution in [3.05, 3.63) is 254 Å². The Bertz CT molecular complexity index is 3680. The number of benzene rings is 11. The maximum atomic E-state index is 2.47. The summed E-state index contributed by atoms with van der Waals surface area (Å²) in [7, 11) is 0. The third-order valence-corrected chi connectivity index (χ3v) is 13.6. The zero-order valence-electron chi connectivity index (χ0n) is 35.7. The third kappa shape index (κ3) is 6.33. The third-order valence-electron chi connectivity index (χ3n) is 13.6. The fourth-order valence-electron chi connectivity index (χ4n) is 10.4. The van der Waals surface area contributed by atoms with E-state index in [1.165, 1.54) is 116 Å². The monoisotopic (exact) mass is 826 g/mol. The molecule has 0 aliphatic carbocycles. The van der Waals surface area contributed by atoms with Crippen molar-refractivity contribution in [1.82, 2.24) is 4.57 Å². The number of anilines is 3. The largest absolute Gasteiger partial charge is 0.310 e. The van der Waals surface area contributed by atoms with Crippen molar-refractivity contribution in [3.63, 3.8) is 0 Å². The summed E-state index contributed by atoms with van der Waals surface area (Å²) in [5, 5.41) is 7.51. The maximum absolute atomic E-state index is 2.47. The molecule has 304 valence electrons. The predicted octanol–water partition coefficient (Wildman–Crippen LogP) is 17.1. The lowest BCUT2D eigenvalue weighted by Crippen LogP contribution is -2.18. The van der Waals surface area contributed by atoms with Gasteiger partial charge in [-0.3, -0.25) is 0 Å². The van der Waals surface area contributed by atoms with E-state index in [0.29, 0.717) is 0 Å². The molecular formula is C63H42N2. The van der Waals surface area contributed by atoms with Gasteiger partial charge in [-0.15, -0.1) is 0 Å². The fourth-order valence-corrected chi connectivity index (χ4v) is 10.4. The van der Waals surface area contributed by atoms with Gasteiger partial charge in [0.25, 0.3) is 0 Å². The highest BCUT2D eigenvalue weighted by atomic mass is 15.2. The van der Waals surface area contributed by atoms with Crippen LogP contribution in [-0.4, -0.2) is 4.57 Å². The molecule has 13 rings (SSSR count). The lowest BCUT2D eigenvalue weighted by atomic mass is 9.89. The summed E-state index contributed by atoms with van der Waals surface area (Å²) in [5.74, 6) is 0. The summed E-state index contributed by atoms with van der Waals surface area (Å²) >= 11 is 0. The summed E-state index contributed by atoms with van der Waals surface area (Å²) in [4.78, 5) is 2.47. The Hall–Kier alpha value is -8.46. The van der Waals surface area contributed by atoms with Crippen LogP contribution in [0.4, 0.5) is 17.1 Å². The van der Waals surface area contributed by atoms with Crippen molar-refractivity contribution < 1.29 is 0 Å². The Kier molecular flexibility index (Phi) is 8.63. The first-order valence-corrected chi connectivity index (χ1v) is 22.5. The SMILES string of the molecule is c1ccc(-c2ccc3c(c2)c2cc(-c4ccccc4)ccc2n3-c2ccc(-c3ccc4c(c3)Cc3cc(-c5cccc6ccccc56)ccc3N4c3ccc4ccccc4c3)cc2)cc1. The van der Waals surface area contributed by atoms with Crippen LogP contribution in [0.15, 0.2) is 243 Å². The van der Waals surface area contributed by atoms with Gasteiger partial charge in [0.05, 0.1) is 11.0 Å². The van der Waals surface area contributed by atoms with Crippen LogP contribution in [0.1, 0.15) is 11.1 Å². The fraction of sp³-hybridized carbons (Fsp3) is 0.0159. The molecular weight excluding hydrogens is 785 g/mol. The Morgan fingerprint density at radius 1 is 0.277 bits per heavy atom. The molecule has 0 spiro atoms. The van der Waals surface area contributed by atoms with E-state index >= 15 is 0 Å². The number of hydrogen-bond acceptors (Lipinski definition) is 1. The van der Waals surface area contributed by atoms with Crippen molar-refractivity contribution in [2.45, 2.75) is 6.42 Å². The van der Waals surface area contributed by atoms with Gasteiger partial charge in [0.1, 0.15) is 0 Å². The molecule has 0 unspecified atom stereocenters. The molecule has 0 fully saturated rings. The van der Waals surface area contributed by atoms with Crippen LogP contribution in [0.5, 0.6) is 0 Å². The topological polar surface area (TPSA) is 8.17 Å². The second-order valence-corrected chi connectivity index (χ2v) is 17.3. The molecule has 2 nitrogen and oxygen atoms in total. The number of hydrogen-bond donors (Lipinski definition) is 0. The average Bonchev–Trinajstić information content (AvgIpc) is 3.71. The van der Waals surface area contributed by atoms with Gasteiger partial charge in [-0.1, -0.05) is 170 Å². The van der Waals surface area contributed by atoms with E-state index in [-0.39, 0.29) is 0 Å². The van der Waals surface area contributed by atoms with Gasteiger partial charge in [-0.2, -0.15) is 0 Å². The number of aromatic nitrogens is 1. The molecule has 0 radical (unpaired) electrons. The highest BCUT2D eigenvalue weighted by Gasteiger charge is 2.26. The zero-order chi connectivity index (χ0) is 42.8. The minimum absolute atomic E-state index is 0.844. The van der Waals surface area contributed by atoms with E-state index in [9.17, 15) is 0 Å². The molecule has 0 atom stereocenters. The zero-order valence-corrected chi connectivity index (χ0v) is 35.7. The molecule has 2 heterocycles. The van der Waals surface area contributed by atoms with Crippen molar-refractivity contribution in [3.8, 4) is 50.2 Å². The van der Waals surface area contributed by atoms with E-state index in [4.69, 9.17) is 0 Å². The molecule has 0 N–H and O–H groups in total. The molecule has 0 amide bonds.